The van der Waals surface area contributed by atoms with E-state index in [0.29, 0.717) is 23.8 Å². The highest BCUT2D eigenvalue weighted by molar-refractivity contribution is 5.86. The fraction of sp³-hybridized carbons (Fsp3) is 0.296. The topological polar surface area (TPSA) is 110 Å². The lowest BCUT2D eigenvalue weighted by Crippen LogP contribution is -2.43. The van der Waals surface area contributed by atoms with Crippen molar-refractivity contribution in [3.8, 4) is 22.3 Å². The molecule has 36 heavy (non-hydrogen) atoms. The molecule has 5 rings (SSSR count). The second-order valence-corrected chi connectivity index (χ2v) is 9.33. The Bertz CT molecular complexity index is 1340. The number of nitrogen functional groups attached to an aromatic ring is 1. The SMILES string of the molecule is CC(C)COC(=O)Nc1ccc(-c2cnc3c(-c4ccc(N5CCNCC5)cc4)cnn3c2N)cc1. The summed E-state index contributed by atoms with van der Waals surface area (Å²) in [5.41, 5.74) is 12.7. The van der Waals surface area contributed by atoms with Crippen LogP contribution >= 0.6 is 0 Å². The van der Waals surface area contributed by atoms with Crippen LogP contribution in [0.25, 0.3) is 27.9 Å². The maximum atomic E-state index is 11.9. The molecule has 0 atom stereocenters. The van der Waals surface area contributed by atoms with E-state index in [9.17, 15) is 4.79 Å². The third kappa shape index (κ3) is 4.96. The first kappa shape index (κ1) is 23.6. The molecule has 1 amide bonds. The van der Waals surface area contributed by atoms with E-state index >= 15 is 0 Å². The van der Waals surface area contributed by atoms with Gasteiger partial charge in [-0.3, -0.25) is 5.32 Å². The molecule has 2 aromatic heterocycles. The largest absolute Gasteiger partial charge is 0.449 e. The summed E-state index contributed by atoms with van der Waals surface area (Å²) >= 11 is 0. The number of nitrogens with one attached hydrogen (secondary N) is 2. The van der Waals surface area contributed by atoms with Gasteiger partial charge in [-0.2, -0.15) is 9.61 Å². The van der Waals surface area contributed by atoms with E-state index in [1.807, 2.05) is 38.1 Å². The van der Waals surface area contributed by atoms with Crippen molar-refractivity contribution < 1.29 is 9.53 Å². The number of rotatable bonds is 6. The van der Waals surface area contributed by atoms with Gasteiger partial charge < -0.3 is 20.7 Å². The molecule has 2 aromatic carbocycles. The van der Waals surface area contributed by atoms with Crippen molar-refractivity contribution in [2.24, 2.45) is 5.92 Å². The second kappa shape index (κ2) is 10.2. The minimum Gasteiger partial charge on any atom is -0.449 e. The summed E-state index contributed by atoms with van der Waals surface area (Å²) in [6, 6.07) is 15.9. The van der Waals surface area contributed by atoms with Crippen molar-refractivity contribution in [2.75, 3.05) is 48.7 Å². The Kier molecular flexibility index (Phi) is 6.73. The molecule has 0 bridgehead atoms. The molecular formula is C27H31N7O2. The van der Waals surface area contributed by atoms with Crippen molar-refractivity contribution in [1.29, 1.82) is 0 Å². The molecule has 3 heterocycles. The smallest absolute Gasteiger partial charge is 0.411 e. The van der Waals surface area contributed by atoms with Gasteiger partial charge in [-0.25, -0.2) is 9.78 Å². The molecule has 1 aliphatic heterocycles. The molecule has 0 saturated carbocycles. The Balaban J connectivity index is 1.34. The number of carbonyl (C=O) groups is 1. The van der Waals surface area contributed by atoms with Crippen molar-refractivity contribution in [3.63, 3.8) is 0 Å². The van der Waals surface area contributed by atoms with Crippen molar-refractivity contribution >= 4 is 28.9 Å². The van der Waals surface area contributed by atoms with Gasteiger partial charge in [0, 0.05) is 54.9 Å². The molecule has 9 heteroatoms. The number of piperazine rings is 1. The van der Waals surface area contributed by atoms with E-state index in [2.05, 4.69) is 44.9 Å². The first-order chi connectivity index (χ1) is 17.5. The highest BCUT2D eigenvalue weighted by atomic mass is 16.5. The lowest BCUT2D eigenvalue weighted by molar-refractivity contribution is 0.147. The molecule has 1 saturated heterocycles. The summed E-state index contributed by atoms with van der Waals surface area (Å²) in [6.45, 7) is 8.38. The molecule has 0 unspecified atom stereocenters. The number of benzene rings is 2. The average Bonchev–Trinajstić information content (AvgIpc) is 3.34. The summed E-state index contributed by atoms with van der Waals surface area (Å²) in [6.07, 6.45) is 3.10. The fourth-order valence-electron chi connectivity index (χ4n) is 4.28. The van der Waals surface area contributed by atoms with Crippen LogP contribution in [0.4, 0.5) is 22.0 Å². The summed E-state index contributed by atoms with van der Waals surface area (Å²) in [5.74, 6) is 0.781. The van der Waals surface area contributed by atoms with Crippen LogP contribution in [0.15, 0.2) is 60.9 Å². The number of hydrogen-bond donors (Lipinski definition) is 3. The zero-order chi connectivity index (χ0) is 25.1. The minimum absolute atomic E-state index is 0.281. The van der Waals surface area contributed by atoms with Gasteiger partial charge in [0.25, 0.3) is 0 Å². The number of anilines is 3. The number of fused-ring (bicyclic) bond motifs is 1. The standard InChI is InChI=1S/C27H31N7O2/c1-18(2)17-36-27(35)32-21-7-3-19(4-8-21)23-15-30-26-24(16-31-34(26)25(23)28)20-5-9-22(10-6-20)33-13-11-29-12-14-33/h3-10,15-16,18,29H,11-14,17,28H2,1-2H3,(H,32,35). The lowest BCUT2D eigenvalue weighted by atomic mass is 10.1. The summed E-state index contributed by atoms with van der Waals surface area (Å²) in [7, 11) is 0. The number of nitrogens with two attached hydrogens (primary N) is 1. The fourth-order valence-corrected chi connectivity index (χ4v) is 4.28. The van der Waals surface area contributed by atoms with Gasteiger partial charge in [0.1, 0.15) is 5.82 Å². The molecule has 1 fully saturated rings. The van der Waals surface area contributed by atoms with Gasteiger partial charge in [0.2, 0.25) is 0 Å². The summed E-state index contributed by atoms with van der Waals surface area (Å²) in [5, 5.41) is 10.6. The quantitative estimate of drug-likeness (QED) is 0.374. The third-order valence-electron chi connectivity index (χ3n) is 6.21. The van der Waals surface area contributed by atoms with Gasteiger partial charge in [0.15, 0.2) is 5.65 Å². The van der Waals surface area contributed by atoms with Crippen LogP contribution in [0, 0.1) is 5.92 Å². The molecule has 0 aliphatic carbocycles. The third-order valence-corrected chi connectivity index (χ3v) is 6.21. The number of ether oxygens (including phenoxy) is 1. The maximum absolute atomic E-state index is 11.9. The Labute approximate surface area is 210 Å². The van der Waals surface area contributed by atoms with E-state index in [-0.39, 0.29) is 5.92 Å². The van der Waals surface area contributed by atoms with Crippen LogP contribution in [0.5, 0.6) is 0 Å². The zero-order valence-corrected chi connectivity index (χ0v) is 20.6. The zero-order valence-electron chi connectivity index (χ0n) is 20.6. The Hall–Kier alpha value is -4.11. The molecule has 0 radical (unpaired) electrons. The van der Waals surface area contributed by atoms with Crippen LogP contribution in [-0.4, -0.2) is 53.5 Å². The summed E-state index contributed by atoms with van der Waals surface area (Å²) in [4.78, 5) is 19.0. The molecular weight excluding hydrogens is 454 g/mol. The normalized spacial score (nSPS) is 13.8. The molecule has 9 nitrogen and oxygen atoms in total. The van der Waals surface area contributed by atoms with Gasteiger partial charge in [-0.05, 0) is 41.3 Å². The number of carbonyl (C=O) groups excluding carboxylic acids is 1. The molecule has 0 spiro atoms. The monoisotopic (exact) mass is 485 g/mol. The maximum Gasteiger partial charge on any atom is 0.411 e. The predicted molar refractivity (Wildman–Crippen MR) is 143 cm³/mol. The van der Waals surface area contributed by atoms with Crippen molar-refractivity contribution in [1.82, 2.24) is 19.9 Å². The van der Waals surface area contributed by atoms with E-state index in [4.69, 9.17) is 15.5 Å². The molecule has 4 N–H and O–H groups in total. The van der Waals surface area contributed by atoms with Gasteiger partial charge in [-0.15, -0.1) is 0 Å². The molecule has 4 aromatic rings. The highest BCUT2D eigenvalue weighted by Gasteiger charge is 2.15. The molecule has 1 aliphatic rings. The lowest BCUT2D eigenvalue weighted by Gasteiger charge is -2.29. The number of nitrogens with zero attached hydrogens (tertiary/aromatic N) is 4. The van der Waals surface area contributed by atoms with Crippen LogP contribution in [0.3, 0.4) is 0 Å². The van der Waals surface area contributed by atoms with Gasteiger partial charge in [0.05, 0.1) is 12.8 Å². The second-order valence-electron chi connectivity index (χ2n) is 9.33. The summed E-state index contributed by atoms with van der Waals surface area (Å²) < 4.78 is 6.84. The Morgan fingerprint density at radius 2 is 1.69 bits per heavy atom. The van der Waals surface area contributed by atoms with E-state index in [1.165, 1.54) is 5.69 Å². The van der Waals surface area contributed by atoms with Crippen molar-refractivity contribution in [2.45, 2.75) is 13.8 Å². The average molecular weight is 486 g/mol. The van der Waals surface area contributed by atoms with E-state index in [0.717, 1.165) is 48.4 Å². The predicted octanol–water partition coefficient (Wildman–Crippen LogP) is 4.26. The van der Waals surface area contributed by atoms with Crippen LogP contribution in [-0.2, 0) is 4.74 Å². The van der Waals surface area contributed by atoms with Crippen LogP contribution in [0.1, 0.15) is 13.8 Å². The Morgan fingerprint density at radius 3 is 2.39 bits per heavy atom. The van der Waals surface area contributed by atoms with E-state index < -0.39 is 6.09 Å². The number of aromatic nitrogens is 3. The Morgan fingerprint density at radius 1 is 1.03 bits per heavy atom. The highest BCUT2D eigenvalue weighted by Crippen LogP contribution is 2.31. The number of hydrogen-bond acceptors (Lipinski definition) is 7. The van der Waals surface area contributed by atoms with Crippen LogP contribution < -0.4 is 21.3 Å². The van der Waals surface area contributed by atoms with Crippen LogP contribution in [0.2, 0.25) is 0 Å². The van der Waals surface area contributed by atoms with E-state index in [1.54, 1.807) is 16.9 Å². The van der Waals surface area contributed by atoms with Gasteiger partial charge in [-0.1, -0.05) is 38.1 Å². The minimum atomic E-state index is -0.468. The first-order valence-corrected chi connectivity index (χ1v) is 12.2. The molecule has 186 valence electrons. The first-order valence-electron chi connectivity index (χ1n) is 12.2. The van der Waals surface area contributed by atoms with Gasteiger partial charge >= 0.3 is 6.09 Å². The van der Waals surface area contributed by atoms with Crippen molar-refractivity contribution in [3.05, 3.63) is 60.9 Å². The number of amides is 1.